The third-order valence-corrected chi connectivity index (χ3v) is 5.59. The minimum atomic E-state index is -0.665. The second-order valence-electron chi connectivity index (χ2n) is 7.85. The molecule has 1 heterocycles. The van der Waals surface area contributed by atoms with Crippen LogP contribution in [-0.4, -0.2) is 48.3 Å². The number of aryl methyl sites for hydroxylation is 1. The number of benzene rings is 2. The molecular formula is C25H29N3O3. The molecule has 3 amide bonds. The van der Waals surface area contributed by atoms with Gasteiger partial charge < -0.3 is 15.5 Å². The van der Waals surface area contributed by atoms with Gasteiger partial charge in [0.05, 0.1) is 0 Å². The van der Waals surface area contributed by atoms with Crippen molar-refractivity contribution in [3.63, 3.8) is 0 Å². The Morgan fingerprint density at radius 1 is 1.06 bits per heavy atom. The van der Waals surface area contributed by atoms with Crippen LogP contribution in [-0.2, 0) is 4.79 Å². The largest absolute Gasteiger partial charge is 0.351 e. The maximum absolute atomic E-state index is 12.8. The Balaban J connectivity index is 1.68. The summed E-state index contributed by atoms with van der Waals surface area (Å²) < 4.78 is 0. The SMILES string of the molecule is C=CCNC(=O)[C@H](NC(=O)c1cccc(C)c1)C1CCN(C(=O)c2ccccc2)CC1. The molecule has 0 spiro atoms. The zero-order valence-corrected chi connectivity index (χ0v) is 17.8. The first-order valence-corrected chi connectivity index (χ1v) is 10.6. The van der Waals surface area contributed by atoms with Gasteiger partial charge in [-0.2, -0.15) is 0 Å². The second kappa shape index (κ2) is 10.6. The molecule has 2 aromatic carbocycles. The molecule has 3 rings (SSSR count). The molecule has 1 aliphatic rings. The van der Waals surface area contributed by atoms with Gasteiger partial charge in [-0.15, -0.1) is 6.58 Å². The lowest BCUT2D eigenvalue weighted by Crippen LogP contribution is -2.53. The highest BCUT2D eigenvalue weighted by atomic mass is 16.2. The van der Waals surface area contributed by atoms with Crippen LogP contribution in [0, 0.1) is 12.8 Å². The van der Waals surface area contributed by atoms with Crippen molar-refractivity contribution in [2.24, 2.45) is 5.92 Å². The first-order valence-electron chi connectivity index (χ1n) is 10.6. The standard InChI is InChI=1S/C25H29N3O3/c1-3-14-26-24(30)22(27-23(29)21-11-7-8-18(2)17-21)19-12-15-28(16-13-19)25(31)20-9-5-4-6-10-20/h3-11,17,19,22H,1,12-16H2,2H3,(H,26,30)(H,27,29)/t22-/m1/s1. The number of hydrogen-bond acceptors (Lipinski definition) is 3. The smallest absolute Gasteiger partial charge is 0.253 e. The molecule has 1 fully saturated rings. The second-order valence-corrected chi connectivity index (χ2v) is 7.85. The third kappa shape index (κ3) is 5.81. The number of amides is 3. The maximum atomic E-state index is 12.8. The molecule has 0 aliphatic carbocycles. The highest BCUT2D eigenvalue weighted by molar-refractivity contribution is 5.98. The summed E-state index contributed by atoms with van der Waals surface area (Å²) in [4.78, 5) is 40.2. The number of carbonyl (C=O) groups excluding carboxylic acids is 3. The highest BCUT2D eigenvalue weighted by Gasteiger charge is 2.34. The van der Waals surface area contributed by atoms with Gasteiger partial charge in [0.1, 0.15) is 6.04 Å². The molecule has 0 saturated carbocycles. The molecule has 6 nitrogen and oxygen atoms in total. The molecule has 0 aromatic heterocycles. The first kappa shape index (κ1) is 22.3. The molecule has 1 saturated heterocycles. The number of carbonyl (C=O) groups is 3. The van der Waals surface area contributed by atoms with E-state index in [4.69, 9.17) is 0 Å². The Bertz CT molecular complexity index is 934. The third-order valence-electron chi connectivity index (χ3n) is 5.59. The van der Waals surface area contributed by atoms with E-state index in [0.717, 1.165) is 5.56 Å². The van der Waals surface area contributed by atoms with E-state index in [9.17, 15) is 14.4 Å². The van der Waals surface area contributed by atoms with Crippen molar-refractivity contribution in [3.8, 4) is 0 Å². The summed E-state index contributed by atoms with van der Waals surface area (Å²) in [7, 11) is 0. The zero-order chi connectivity index (χ0) is 22.2. The average Bonchev–Trinajstić information content (AvgIpc) is 2.81. The van der Waals surface area contributed by atoms with Gasteiger partial charge in [-0.05, 0) is 49.9 Å². The van der Waals surface area contributed by atoms with E-state index in [-0.39, 0.29) is 23.6 Å². The van der Waals surface area contributed by atoms with Crippen molar-refractivity contribution in [1.82, 2.24) is 15.5 Å². The molecule has 2 N–H and O–H groups in total. The van der Waals surface area contributed by atoms with Crippen LogP contribution >= 0.6 is 0 Å². The van der Waals surface area contributed by atoms with Crippen molar-refractivity contribution in [1.29, 1.82) is 0 Å². The molecule has 2 aromatic rings. The Morgan fingerprint density at radius 3 is 2.39 bits per heavy atom. The lowest BCUT2D eigenvalue weighted by atomic mass is 9.88. The quantitative estimate of drug-likeness (QED) is 0.678. The van der Waals surface area contributed by atoms with Crippen molar-refractivity contribution in [3.05, 3.63) is 83.9 Å². The Morgan fingerprint density at radius 2 is 1.74 bits per heavy atom. The number of rotatable bonds is 7. The molecule has 0 bridgehead atoms. The summed E-state index contributed by atoms with van der Waals surface area (Å²) in [5, 5.41) is 5.73. The van der Waals surface area contributed by atoms with E-state index in [0.29, 0.717) is 43.6 Å². The Hall–Kier alpha value is -3.41. The van der Waals surface area contributed by atoms with E-state index in [1.165, 1.54) is 0 Å². The predicted molar refractivity (Wildman–Crippen MR) is 121 cm³/mol. The number of piperidine rings is 1. The average molecular weight is 420 g/mol. The van der Waals surface area contributed by atoms with E-state index in [1.54, 1.807) is 18.2 Å². The lowest BCUT2D eigenvalue weighted by molar-refractivity contribution is -0.124. The normalized spacial score (nSPS) is 15.1. The maximum Gasteiger partial charge on any atom is 0.253 e. The molecule has 0 unspecified atom stereocenters. The molecule has 162 valence electrons. The van der Waals surface area contributed by atoms with Crippen LogP contribution in [0.1, 0.15) is 39.1 Å². The fourth-order valence-corrected chi connectivity index (χ4v) is 3.89. The van der Waals surface area contributed by atoms with Crippen LogP contribution in [0.5, 0.6) is 0 Å². The van der Waals surface area contributed by atoms with Crippen LogP contribution in [0.2, 0.25) is 0 Å². The van der Waals surface area contributed by atoms with Crippen LogP contribution in [0.15, 0.2) is 67.3 Å². The van der Waals surface area contributed by atoms with E-state index < -0.39 is 6.04 Å². The molecule has 1 atom stereocenters. The fraction of sp³-hybridized carbons (Fsp3) is 0.320. The van der Waals surface area contributed by atoms with Gasteiger partial charge >= 0.3 is 0 Å². The van der Waals surface area contributed by atoms with Gasteiger partial charge in [-0.1, -0.05) is 42.0 Å². The summed E-state index contributed by atoms with van der Waals surface area (Å²) in [6.07, 6.45) is 2.89. The summed E-state index contributed by atoms with van der Waals surface area (Å²) in [6, 6.07) is 15.8. The number of nitrogens with one attached hydrogen (secondary N) is 2. The van der Waals surface area contributed by atoms with Gasteiger partial charge in [-0.3, -0.25) is 14.4 Å². The molecule has 31 heavy (non-hydrogen) atoms. The topological polar surface area (TPSA) is 78.5 Å². The number of likely N-dealkylation sites (tertiary alicyclic amines) is 1. The van der Waals surface area contributed by atoms with Gasteiger partial charge in [0, 0.05) is 30.8 Å². The monoisotopic (exact) mass is 419 g/mol. The van der Waals surface area contributed by atoms with E-state index in [2.05, 4.69) is 17.2 Å². The molecule has 6 heteroatoms. The van der Waals surface area contributed by atoms with E-state index in [1.807, 2.05) is 54.3 Å². The lowest BCUT2D eigenvalue weighted by Gasteiger charge is -2.35. The zero-order valence-electron chi connectivity index (χ0n) is 17.8. The Labute approximate surface area is 183 Å². The molecule has 0 radical (unpaired) electrons. The highest BCUT2D eigenvalue weighted by Crippen LogP contribution is 2.23. The predicted octanol–water partition coefficient (Wildman–Crippen LogP) is 2.95. The van der Waals surface area contributed by atoms with E-state index >= 15 is 0 Å². The minimum Gasteiger partial charge on any atom is -0.351 e. The fourth-order valence-electron chi connectivity index (χ4n) is 3.89. The van der Waals surface area contributed by atoms with Gasteiger partial charge in [0.25, 0.3) is 11.8 Å². The van der Waals surface area contributed by atoms with Crippen molar-refractivity contribution < 1.29 is 14.4 Å². The Kier molecular flexibility index (Phi) is 7.60. The number of hydrogen-bond donors (Lipinski definition) is 2. The van der Waals surface area contributed by atoms with Crippen molar-refractivity contribution >= 4 is 17.7 Å². The van der Waals surface area contributed by atoms with Crippen LogP contribution in [0.25, 0.3) is 0 Å². The first-order chi connectivity index (χ1) is 15.0. The van der Waals surface area contributed by atoms with Gasteiger partial charge in [-0.25, -0.2) is 0 Å². The van der Waals surface area contributed by atoms with Crippen LogP contribution in [0.3, 0.4) is 0 Å². The van der Waals surface area contributed by atoms with Crippen LogP contribution < -0.4 is 10.6 Å². The minimum absolute atomic E-state index is 0.00416. The summed E-state index contributed by atoms with van der Waals surface area (Å²) in [5.41, 5.74) is 2.17. The van der Waals surface area contributed by atoms with Crippen LogP contribution in [0.4, 0.5) is 0 Å². The van der Waals surface area contributed by atoms with Crippen molar-refractivity contribution in [2.75, 3.05) is 19.6 Å². The molecule has 1 aliphatic heterocycles. The van der Waals surface area contributed by atoms with Gasteiger partial charge in [0.15, 0.2) is 0 Å². The molecular weight excluding hydrogens is 390 g/mol. The number of nitrogens with zero attached hydrogens (tertiary/aromatic N) is 1. The summed E-state index contributed by atoms with van der Waals surface area (Å²) >= 11 is 0. The summed E-state index contributed by atoms with van der Waals surface area (Å²) in [6.45, 7) is 6.98. The summed E-state index contributed by atoms with van der Waals surface area (Å²) in [5.74, 6) is -0.562. The van der Waals surface area contributed by atoms with Crippen molar-refractivity contribution in [2.45, 2.75) is 25.8 Å². The van der Waals surface area contributed by atoms with Gasteiger partial charge in [0.2, 0.25) is 5.91 Å².